The van der Waals surface area contributed by atoms with Gasteiger partial charge in [0.05, 0.1) is 18.6 Å². The molecule has 0 spiro atoms. The highest BCUT2D eigenvalue weighted by atomic mass is 16.5. The van der Waals surface area contributed by atoms with Crippen LogP contribution in [0.1, 0.15) is 16.8 Å². The zero-order chi connectivity index (χ0) is 22.5. The Hall–Kier alpha value is -3.61. The van der Waals surface area contributed by atoms with Gasteiger partial charge in [-0.1, -0.05) is 54.6 Å². The average molecular weight is 441 g/mol. The summed E-state index contributed by atoms with van der Waals surface area (Å²) in [7, 11) is 0. The molecule has 2 N–H and O–H groups in total. The van der Waals surface area contributed by atoms with E-state index in [0.717, 1.165) is 42.4 Å². The topological polar surface area (TPSA) is 64.6 Å². The summed E-state index contributed by atoms with van der Waals surface area (Å²) in [6.07, 6.45) is 3.45. The number of fused-ring (bicyclic) bond motifs is 1. The number of nitrogens with one attached hydrogen (secondary N) is 1. The monoisotopic (exact) mass is 440 g/mol. The molecule has 1 aliphatic rings. The molecule has 0 saturated carbocycles. The van der Waals surface area contributed by atoms with E-state index in [0.29, 0.717) is 13.0 Å². The van der Waals surface area contributed by atoms with Crippen LogP contribution in [0.25, 0.3) is 0 Å². The fraction of sp³-hybridized carbons (Fsp3) is 0.222. The van der Waals surface area contributed by atoms with Crippen molar-refractivity contribution in [3.05, 3.63) is 108 Å². The van der Waals surface area contributed by atoms with Gasteiger partial charge in [0.25, 0.3) is 0 Å². The van der Waals surface area contributed by atoms with Gasteiger partial charge >= 0.3 is 0 Å². The van der Waals surface area contributed by atoms with Crippen molar-refractivity contribution in [1.29, 1.82) is 0 Å². The summed E-state index contributed by atoms with van der Waals surface area (Å²) in [5.74, 6) is 1.57. The Morgan fingerprint density at radius 3 is 2.58 bits per heavy atom. The number of aromatic nitrogens is 2. The lowest BCUT2D eigenvalue weighted by molar-refractivity contribution is 0.00140. The second-order valence-corrected chi connectivity index (χ2v) is 8.31. The molecule has 33 heavy (non-hydrogen) atoms. The van der Waals surface area contributed by atoms with Crippen molar-refractivity contribution in [2.24, 2.45) is 0 Å². The van der Waals surface area contributed by atoms with Gasteiger partial charge in [0.15, 0.2) is 0 Å². The normalized spacial score (nSPS) is 15.0. The van der Waals surface area contributed by atoms with Crippen LogP contribution in [0.15, 0.2) is 91.4 Å². The van der Waals surface area contributed by atoms with E-state index in [1.165, 1.54) is 11.3 Å². The highest BCUT2D eigenvalue weighted by molar-refractivity contribution is 5.54. The van der Waals surface area contributed by atoms with E-state index < -0.39 is 6.23 Å². The molecular formula is C27H28N4O2. The van der Waals surface area contributed by atoms with E-state index in [1.807, 2.05) is 60.8 Å². The molecule has 0 radical (unpaired) electrons. The van der Waals surface area contributed by atoms with Crippen molar-refractivity contribution in [2.75, 3.05) is 18.0 Å². The first-order valence-corrected chi connectivity index (χ1v) is 11.3. The molecule has 3 aromatic carbocycles. The van der Waals surface area contributed by atoms with Gasteiger partial charge < -0.3 is 19.7 Å². The summed E-state index contributed by atoms with van der Waals surface area (Å²) in [6, 6.07) is 26.1. The molecule has 0 fully saturated rings. The average Bonchev–Trinajstić information content (AvgIpc) is 3.29. The van der Waals surface area contributed by atoms with E-state index in [9.17, 15) is 5.11 Å². The maximum Gasteiger partial charge on any atom is 0.130 e. The number of aliphatic hydroxyl groups is 1. The molecule has 1 aromatic heterocycles. The smallest absolute Gasteiger partial charge is 0.130 e. The number of rotatable bonds is 7. The molecule has 0 amide bonds. The molecule has 6 nitrogen and oxygen atoms in total. The van der Waals surface area contributed by atoms with Crippen LogP contribution in [0.4, 0.5) is 5.69 Å². The number of aliphatic hydroxyl groups excluding tert-OH is 1. The third kappa shape index (κ3) is 5.08. The number of aromatic amines is 1. The van der Waals surface area contributed by atoms with Crippen molar-refractivity contribution in [3.8, 4) is 11.5 Å². The predicted octanol–water partition coefficient (Wildman–Crippen LogP) is 4.59. The second-order valence-electron chi connectivity index (χ2n) is 8.31. The number of ether oxygens (including phenoxy) is 1. The number of hydrogen-bond acceptors (Lipinski definition) is 5. The zero-order valence-electron chi connectivity index (χ0n) is 18.5. The van der Waals surface area contributed by atoms with Gasteiger partial charge in [-0.3, -0.25) is 4.90 Å². The number of imidazole rings is 1. The number of anilines is 1. The Morgan fingerprint density at radius 2 is 1.73 bits per heavy atom. The number of para-hydroxylation sites is 3. The third-order valence-corrected chi connectivity index (χ3v) is 6.05. The minimum absolute atomic E-state index is 0.492. The second kappa shape index (κ2) is 9.90. The highest BCUT2D eigenvalue weighted by Crippen LogP contribution is 2.29. The van der Waals surface area contributed by atoms with Crippen molar-refractivity contribution in [3.63, 3.8) is 0 Å². The van der Waals surface area contributed by atoms with Crippen LogP contribution in [0.5, 0.6) is 11.5 Å². The summed E-state index contributed by atoms with van der Waals surface area (Å²) in [5, 5.41) is 11.2. The van der Waals surface area contributed by atoms with E-state index >= 15 is 0 Å². The molecule has 5 rings (SSSR count). The van der Waals surface area contributed by atoms with Gasteiger partial charge in [-0.05, 0) is 35.4 Å². The van der Waals surface area contributed by atoms with Crippen molar-refractivity contribution >= 4 is 5.69 Å². The number of benzene rings is 3. The van der Waals surface area contributed by atoms with Crippen LogP contribution in [0, 0.1) is 0 Å². The van der Waals surface area contributed by atoms with Gasteiger partial charge in [0.2, 0.25) is 0 Å². The largest absolute Gasteiger partial charge is 0.457 e. The molecule has 0 aliphatic carbocycles. The fourth-order valence-corrected chi connectivity index (χ4v) is 4.33. The van der Waals surface area contributed by atoms with Crippen LogP contribution >= 0.6 is 0 Å². The van der Waals surface area contributed by atoms with Gasteiger partial charge in [0.1, 0.15) is 17.7 Å². The Kier molecular flexibility index (Phi) is 6.37. The quantitative estimate of drug-likeness (QED) is 0.440. The lowest BCUT2D eigenvalue weighted by Gasteiger charge is -2.27. The summed E-state index contributed by atoms with van der Waals surface area (Å²) >= 11 is 0. The zero-order valence-corrected chi connectivity index (χ0v) is 18.5. The minimum atomic E-state index is -0.620. The molecule has 1 unspecified atom stereocenters. The van der Waals surface area contributed by atoms with Crippen LogP contribution in [-0.2, 0) is 19.5 Å². The summed E-state index contributed by atoms with van der Waals surface area (Å²) in [6.45, 7) is 3.02. The van der Waals surface area contributed by atoms with Gasteiger partial charge in [0, 0.05) is 37.9 Å². The van der Waals surface area contributed by atoms with E-state index in [-0.39, 0.29) is 0 Å². The van der Waals surface area contributed by atoms with Gasteiger partial charge in [-0.25, -0.2) is 4.98 Å². The highest BCUT2D eigenvalue weighted by Gasteiger charge is 2.25. The molecule has 0 bridgehead atoms. The number of H-pyrrole nitrogens is 1. The summed E-state index contributed by atoms with van der Waals surface area (Å²) in [5.41, 5.74) is 4.48. The summed E-state index contributed by atoms with van der Waals surface area (Å²) in [4.78, 5) is 11.8. The Morgan fingerprint density at radius 1 is 0.939 bits per heavy atom. The number of hydrogen-bond donors (Lipinski definition) is 2. The first-order chi connectivity index (χ1) is 16.3. The van der Waals surface area contributed by atoms with Crippen LogP contribution in [0.2, 0.25) is 0 Å². The maximum absolute atomic E-state index is 11.2. The molecule has 0 saturated heterocycles. The first-order valence-electron chi connectivity index (χ1n) is 11.3. The Balaban J connectivity index is 1.32. The molecule has 1 atom stereocenters. The molecule has 2 heterocycles. The minimum Gasteiger partial charge on any atom is -0.457 e. The molecular weight excluding hydrogens is 412 g/mol. The lowest BCUT2D eigenvalue weighted by atomic mass is 10.1. The first kappa shape index (κ1) is 21.2. The standard InChI is InChI=1S/C27H28N4O2/c32-27(16-21-8-5-7-13-26(21)33-24-10-2-1-3-11-24)31-15-14-30(19-23-17-28-20-29-23)25-12-6-4-9-22(25)18-31/h1-13,17,20,27,32H,14-16,18-19H2,(H,28,29). The predicted molar refractivity (Wildman–Crippen MR) is 129 cm³/mol. The molecule has 168 valence electrons. The molecule has 1 aliphatic heterocycles. The van der Waals surface area contributed by atoms with Gasteiger partial charge in [-0.2, -0.15) is 0 Å². The fourth-order valence-electron chi connectivity index (χ4n) is 4.33. The van der Waals surface area contributed by atoms with Crippen molar-refractivity contribution < 1.29 is 9.84 Å². The molecule has 6 heteroatoms. The van der Waals surface area contributed by atoms with Crippen LogP contribution in [-0.4, -0.2) is 39.3 Å². The van der Waals surface area contributed by atoms with Crippen molar-refractivity contribution in [1.82, 2.24) is 14.9 Å². The molecule has 4 aromatic rings. The van der Waals surface area contributed by atoms with E-state index in [1.54, 1.807) is 6.33 Å². The summed E-state index contributed by atoms with van der Waals surface area (Å²) < 4.78 is 6.11. The SMILES string of the molecule is OC(Cc1ccccc1Oc1ccccc1)N1CCN(Cc2cnc[nH]2)c2ccccc2C1. The lowest BCUT2D eigenvalue weighted by Crippen LogP contribution is -2.39. The van der Waals surface area contributed by atoms with E-state index in [4.69, 9.17) is 4.74 Å². The van der Waals surface area contributed by atoms with Gasteiger partial charge in [-0.15, -0.1) is 0 Å². The third-order valence-electron chi connectivity index (χ3n) is 6.05. The Labute approximate surface area is 194 Å². The van der Waals surface area contributed by atoms with Crippen LogP contribution in [0.3, 0.4) is 0 Å². The van der Waals surface area contributed by atoms with E-state index in [2.05, 4.69) is 44.0 Å². The Bertz CT molecular complexity index is 1160. The maximum atomic E-state index is 11.2. The van der Waals surface area contributed by atoms with Crippen molar-refractivity contribution in [2.45, 2.75) is 25.7 Å². The number of nitrogens with zero attached hydrogens (tertiary/aromatic N) is 3. The van der Waals surface area contributed by atoms with Crippen LogP contribution < -0.4 is 9.64 Å².